The van der Waals surface area contributed by atoms with Crippen LogP contribution < -0.4 is 10.1 Å². The van der Waals surface area contributed by atoms with Gasteiger partial charge in [-0.1, -0.05) is 24.8 Å². The molecule has 1 atom stereocenters. The number of aryl methyl sites for hydroxylation is 1. The number of nitrogens with zero attached hydrogens (tertiary/aromatic N) is 1. The fourth-order valence-corrected chi connectivity index (χ4v) is 2.97. The Balaban J connectivity index is 2.13. The van der Waals surface area contributed by atoms with Gasteiger partial charge in [-0.25, -0.2) is 4.98 Å². The first-order valence-electron chi connectivity index (χ1n) is 7.09. The van der Waals surface area contributed by atoms with Crippen LogP contribution in [0, 0.1) is 6.92 Å². The lowest BCUT2D eigenvalue weighted by atomic mass is 10.0. The summed E-state index contributed by atoms with van der Waals surface area (Å²) in [5.74, 6) is 1.67. The number of rotatable bonds is 7. The number of oxazole rings is 1. The summed E-state index contributed by atoms with van der Waals surface area (Å²) in [5, 5.41) is 4.12. The second-order valence-corrected chi connectivity index (χ2v) is 5.82. The molecule has 0 fully saturated rings. The summed E-state index contributed by atoms with van der Waals surface area (Å²) in [5.41, 5.74) is 3.32. The number of methoxy groups -OCH3 is 1. The van der Waals surface area contributed by atoms with Crippen molar-refractivity contribution >= 4 is 11.8 Å². The minimum absolute atomic E-state index is 0.327. The fraction of sp³-hybridized carbons (Fsp3) is 0.438. The standard InChI is InChI=1S/C16H22N2O2S/c1-5-17-12(3)13-6-7-15(19-4)14(8-13)10-21-16-18-11(2)9-20-16/h6-9,12,17H,5,10H2,1-4H3. The fourth-order valence-electron chi connectivity index (χ4n) is 2.14. The summed E-state index contributed by atoms with van der Waals surface area (Å²) in [6.45, 7) is 7.15. The average molecular weight is 306 g/mol. The van der Waals surface area contributed by atoms with E-state index in [1.54, 1.807) is 25.1 Å². The maximum Gasteiger partial charge on any atom is 0.256 e. The molecule has 1 heterocycles. The van der Waals surface area contributed by atoms with Crippen molar-refractivity contribution in [3.63, 3.8) is 0 Å². The molecule has 21 heavy (non-hydrogen) atoms. The molecule has 1 aromatic carbocycles. The van der Waals surface area contributed by atoms with Crippen molar-refractivity contribution in [1.82, 2.24) is 10.3 Å². The molecule has 0 saturated heterocycles. The van der Waals surface area contributed by atoms with Crippen molar-refractivity contribution in [3.8, 4) is 5.75 Å². The Hall–Kier alpha value is -1.46. The van der Waals surface area contributed by atoms with Crippen LogP contribution >= 0.6 is 11.8 Å². The molecule has 0 bridgehead atoms. The van der Waals surface area contributed by atoms with Gasteiger partial charge in [-0.3, -0.25) is 0 Å². The highest BCUT2D eigenvalue weighted by atomic mass is 32.2. The monoisotopic (exact) mass is 306 g/mol. The zero-order valence-electron chi connectivity index (χ0n) is 13.0. The third-order valence-corrected chi connectivity index (χ3v) is 4.15. The topological polar surface area (TPSA) is 47.3 Å². The van der Waals surface area contributed by atoms with Crippen LogP contribution in [0.3, 0.4) is 0 Å². The quantitative estimate of drug-likeness (QED) is 0.785. The molecule has 1 N–H and O–H groups in total. The molecule has 0 aliphatic carbocycles. The van der Waals surface area contributed by atoms with Crippen molar-refractivity contribution in [3.05, 3.63) is 41.3 Å². The van der Waals surface area contributed by atoms with Gasteiger partial charge in [0, 0.05) is 17.4 Å². The van der Waals surface area contributed by atoms with Gasteiger partial charge < -0.3 is 14.5 Å². The van der Waals surface area contributed by atoms with Crippen molar-refractivity contribution in [2.24, 2.45) is 0 Å². The molecule has 4 nitrogen and oxygen atoms in total. The summed E-state index contributed by atoms with van der Waals surface area (Å²) in [6, 6.07) is 6.65. The number of aromatic nitrogens is 1. The second kappa shape index (κ2) is 7.52. The lowest BCUT2D eigenvalue weighted by molar-refractivity contribution is 0.410. The van der Waals surface area contributed by atoms with Crippen LogP contribution in [-0.4, -0.2) is 18.6 Å². The maximum absolute atomic E-state index is 5.45. The Morgan fingerprint density at radius 1 is 1.43 bits per heavy atom. The van der Waals surface area contributed by atoms with Gasteiger partial charge in [-0.15, -0.1) is 0 Å². The average Bonchev–Trinajstić information content (AvgIpc) is 2.90. The van der Waals surface area contributed by atoms with Crippen LogP contribution in [0.4, 0.5) is 0 Å². The maximum atomic E-state index is 5.45. The van der Waals surface area contributed by atoms with Crippen LogP contribution in [0.5, 0.6) is 5.75 Å². The van der Waals surface area contributed by atoms with Gasteiger partial charge in [-0.05, 0) is 38.1 Å². The molecule has 1 unspecified atom stereocenters. The van der Waals surface area contributed by atoms with Crippen LogP contribution in [-0.2, 0) is 5.75 Å². The van der Waals surface area contributed by atoms with E-state index in [9.17, 15) is 0 Å². The molecule has 0 aliphatic rings. The van der Waals surface area contributed by atoms with E-state index in [1.165, 1.54) is 5.56 Å². The Labute approximate surface area is 130 Å². The Kier molecular flexibility index (Phi) is 5.70. The van der Waals surface area contributed by atoms with Crippen molar-refractivity contribution in [2.75, 3.05) is 13.7 Å². The first kappa shape index (κ1) is 15.9. The molecule has 114 valence electrons. The van der Waals surface area contributed by atoms with Gasteiger partial charge in [0.05, 0.1) is 12.8 Å². The smallest absolute Gasteiger partial charge is 0.256 e. The highest BCUT2D eigenvalue weighted by Gasteiger charge is 2.11. The molecule has 2 aromatic rings. The van der Waals surface area contributed by atoms with Crippen molar-refractivity contribution in [1.29, 1.82) is 0 Å². The summed E-state index contributed by atoms with van der Waals surface area (Å²) in [6.07, 6.45) is 1.67. The van der Waals surface area contributed by atoms with E-state index in [0.29, 0.717) is 11.3 Å². The van der Waals surface area contributed by atoms with Crippen LogP contribution in [0.1, 0.15) is 36.7 Å². The molecule has 0 amide bonds. The van der Waals surface area contributed by atoms with E-state index in [1.807, 2.05) is 13.0 Å². The second-order valence-electron chi connectivity index (χ2n) is 4.89. The third kappa shape index (κ3) is 4.25. The minimum Gasteiger partial charge on any atom is -0.496 e. The number of thioether (sulfide) groups is 1. The molecular weight excluding hydrogens is 284 g/mol. The first-order valence-corrected chi connectivity index (χ1v) is 8.07. The third-order valence-electron chi connectivity index (χ3n) is 3.26. The van der Waals surface area contributed by atoms with Crippen molar-refractivity contribution in [2.45, 2.75) is 37.8 Å². The van der Waals surface area contributed by atoms with Gasteiger partial charge in [0.2, 0.25) is 0 Å². The Morgan fingerprint density at radius 2 is 2.24 bits per heavy atom. The zero-order valence-corrected chi connectivity index (χ0v) is 13.8. The van der Waals surface area contributed by atoms with E-state index in [0.717, 1.165) is 29.3 Å². The zero-order chi connectivity index (χ0) is 15.2. The summed E-state index contributed by atoms with van der Waals surface area (Å²) < 4.78 is 10.8. The van der Waals surface area contributed by atoms with Crippen LogP contribution in [0.15, 0.2) is 34.1 Å². The largest absolute Gasteiger partial charge is 0.496 e. The highest BCUT2D eigenvalue weighted by Crippen LogP contribution is 2.29. The lowest BCUT2D eigenvalue weighted by Gasteiger charge is -2.15. The molecule has 2 rings (SSSR count). The van der Waals surface area contributed by atoms with Gasteiger partial charge in [0.25, 0.3) is 5.22 Å². The summed E-state index contributed by atoms with van der Waals surface area (Å²) >= 11 is 1.58. The summed E-state index contributed by atoms with van der Waals surface area (Å²) in [4.78, 5) is 4.31. The van der Waals surface area contributed by atoms with Gasteiger partial charge in [-0.2, -0.15) is 0 Å². The molecule has 0 radical (unpaired) electrons. The molecule has 0 spiro atoms. The Morgan fingerprint density at radius 3 is 2.86 bits per heavy atom. The van der Waals surface area contributed by atoms with E-state index >= 15 is 0 Å². The predicted molar refractivity (Wildman–Crippen MR) is 85.9 cm³/mol. The summed E-state index contributed by atoms with van der Waals surface area (Å²) in [7, 11) is 1.70. The number of hydrogen-bond donors (Lipinski definition) is 1. The van der Waals surface area contributed by atoms with Gasteiger partial charge in [0.15, 0.2) is 0 Å². The number of nitrogens with one attached hydrogen (secondary N) is 1. The molecular formula is C16H22N2O2S. The number of benzene rings is 1. The van der Waals surface area contributed by atoms with Crippen LogP contribution in [0.2, 0.25) is 0 Å². The molecule has 5 heteroatoms. The van der Waals surface area contributed by atoms with E-state index in [-0.39, 0.29) is 0 Å². The van der Waals surface area contributed by atoms with Gasteiger partial charge >= 0.3 is 0 Å². The van der Waals surface area contributed by atoms with Crippen molar-refractivity contribution < 1.29 is 9.15 Å². The molecule has 0 saturated carbocycles. The normalized spacial score (nSPS) is 12.4. The van der Waals surface area contributed by atoms with E-state index in [2.05, 4.69) is 36.3 Å². The Bertz CT molecular complexity index is 583. The predicted octanol–water partition coefficient (Wildman–Crippen LogP) is 3.95. The first-order chi connectivity index (χ1) is 10.1. The van der Waals surface area contributed by atoms with E-state index < -0.39 is 0 Å². The lowest BCUT2D eigenvalue weighted by Crippen LogP contribution is -2.17. The SMILES string of the molecule is CCNC(C)c1ccc(OC)c(CSc2nc(C)co2)c1. The number of hydrogen-bond acceptors (Lipinski definition) is 5. The highest BCUT2D eigenvalue weighted by molar-refractivity contribution is 7.98. The van der Waals surface area contributed by atoms with Gasteiger partial charge in [0.1, 0.15) is 12.0 Å². The molecule has 0 aliphatic heterocycles. The van der Waals surface area contributed by atoms with E-state index in [4.69, 9.17) is 9.15 Å². The van der Waals surface area contributed by atoms with Crippen LogP contribution in [0.25, 0.3) is 0 Å². The molecule has 1 aromatic heterocycles. The minimum atomic E-state index is 0.327. The number of ether oxygens (including phenoxy) is 1.